The maximum atomic E-state index is 12.3. The zero-order valence-corrected chi connectivity index (χ0v) is 16.5. The summed E-state index contributed by atoms with van der Waals surface area (Å²) in [6.45, 7) is 6.08. The van der Waals surface area contributed by atoms with Gasteiger partial charge in [-0.1, -0.05) is 36.9 Å². The lowest BCUT2D eigenvalue weighted by Crippen LogP contribution is -2.35. The number of amides is 1. The third-order valence-electron chi connectivity index (χ3n) is 4.57. The van der Waals surface area contributed by atoms with E-state index in [4.69, 9.17) is 9.15 Å². The first-order chi connectivity index (χ1) is 14.6. The fourth-order valence-corrected chi connectivity index (χ4v) is 2.97. The molecule has 0 aliphatic heterocycles. The minimum atomic E-state index is -0.273. The highest BCUT2D eigenvalue weighted by molar-refractivity contribution is 5.94. The molecule has 6 nitrogen and oxygen atoms in total. The van der Waals surface area contributed by atoms with Crippen molar-refractivity contribution in [2.24, 2.45) is 0 Å². The molecule has 2 N–H and O–H groups in total. The zero-order valence-electron chi connectivity index (χ0n) is 16.5. The third kappa shape index (κ3) is 4.33. The average molecular weight is 399 g/mol. The number of carbonyl (C=O) groups excluding carboxylic acids is 1. The molecule has 0 fully saturated rings. The van der Waals surface area contributed by atoms with E-state index in [-0.39, 0.29) is 5.91 Å². The smallest absolute Gasteiger partial charge is 0.269 e. The Bertz CT molecular complexity index is 1190. The number of nitrogens with one attached hydrogen (secondary N) is 2. The van der Waals surface area contributed by atoms with Crippen molar-refractivity contribution in [2.75, 3.05) is 0 Å². The molecule has 150 valence electrons. The Morgan fingerprint density at radius 2 is 1.83 bits per heavy atom. The predicted molar refractivity (Wildman–Crippen MR) is 116 cm³/mol. The Hall–Kier alpha value is -4.06. The van der Waals surface area contributed by atoms with Crippen molar-refractivity contribution in [3.8, 4) is 5.75 Å². The van der Waals surface area contributed by atoms with E-state index in [0.717, 1.165) is 28.0 Å². The second-order valence-corrected chi connectivity index (χ2v) is 6.78. The minimum absolute atomic E-state index is 0.273. The Kier molecular flexibility index (Phi) is 5.48. The highest BCUT2D eigenvalue weighted by Crippen LogP contribution is 2.24. The first-order valence-corrected chi connectivity index (χ1v) is 9.48. The van der Waals surface area contributed by atoms with E-state index in [1.165, 1.54) is 0 Å². The number of aromatic nitrogens is 1. The van der Waals surface area contributed by atoms with Gasteiger partial charge in [0, 0.05) is 17.1 Å². The van der Waals surface area contributed by atoms with Crippen molar-refractivity contribution in [3.63, 3.8) is 0 Å². The summed E-state index contributed by atoms with van der Waals surface area (Å²) in [6, 6.07) is 20.6. The molecule has 0 radical (unpaired) electrons. The van der Waals surface area contributed by atoms with Crippen LogP contribution >= 0.6 is 0 Å². The summed E-state index contributed by atoms with van der Waals surface area (Å²) in [4.78, 5) is 16.7. The first-order valence-electron chi connectivity index (χ1n) is 9.48. The number of nitrogens with zero attached hydrogens (tertiary/aromatic N) is 1. The van der Waals surface area contributed by atoms with Gasteiger partial charge in [0.05, 0.1) is 5.70 Å². The van der Waals surface area contributed by atoms with Gasteiger partial charge in [-0.25, -0.2) is 0 Å². The molecule has 0 aliphatic rings. The highest BCUT2D eigenvalue weighted by atomic mass is 16.5. The van der Waals surface area contributed by atoms with Gasteiger partial charge >= 0.3 is 0 Å². The quantitative estimate of drug-likeness (QED) is 0.444. The number of hydrogen-bond donors (Lipinski definition) is 2. The Morgan fingerprint density at radius 3 is 2.60 bits per heavy atom. The molecule has 0 bridgehead atoms. The molecular formula is C24H21N3O3. The van der Waals surface area contributed by atoms with Gasteiger partial charge in [0.25, 0.3) is 5.91 Å². The molecule has 30 heavy (non-hydrogen) atoms. The van der Waals surface area contributed by atoms with Crippen LogP contribution < -0.4 is 15.6 Å². The fraction of sp³-hybridized carbons (Fsp3) is 0.0833. The van der Waals surface area contributed by atoms with Gasteiger partial charge < -0.3 is 9.15 Å². The lowest BCUT2D eigenvalue weighted by molar-refractivity contribution is 0.0942. The number of hydrogen-bond acceptors (Lipinski definition) is 5. The minimum Gasteiger partial charge on any atom is -0.487 e. The largest absolute Gasteiger partial charge is 0.487 e. The van der Waals surface area contributed by atoms with Gasteiger partial charge in [0.1, 0.15) is 23.6 Å². The molecule has 2 aromatic heterocycles. The van der Waals surface area contributed by atoms with Crippen molar-refractivity contribution in [1.82, 2.24) is 15.8 Å². The van der Waals surface area contributed by atoms with Crippen LogP contribution in [0, 0.1) is 6.92 Å². The van der Waals surface area contributed by atoms with E-state index in [1.54, 1.807) is 24.4 Å². The topological polar surface area (TPSA) is 76.4 Å². The van der Waals surface area contributed by atoms with Crippen molar-refractivity contribution < 1.29 is 13.9 Å². The molecule has 0 spiro atoms. The van der Waals surface area contributed by atoms with Crippen molar-refractivity contribution in [1.29, 1.82) is 0 Å². The molecule has 4 rings (SSSR count). The fourth-order valence-electron chi connectivity index (χ4n) is 2.97. The number of aryl methyl sites for hydroxylation is 1. The first kappa shape index (κ1) is 19.3. The number of hydrazine groups is 1. The van der Waals surface area contributed by atoms with Gasteiger partial charge in [-0.2, -0.15) is 0 Å². The maximum absolute atomic E-state index is 12.3. The SMILES string of the molecule is C=C(NNC(=O)c1ccc(COc2cccc3cccnc23)cc1)c1ccc(C)o1. The Morgan fingerprint density at radius 1 is 1.03 bits per heavy atom. The molecule has 1 amide bonds. The van der Waals surface area contributed by atoms with Gasteiger partial charge in [-0.05, 0) is 48.9 Å². The molecule has 2 heterocycles. The van der Waals surface area contributed by atoms with Crippen LogP contribution in [0.2, 0.25) is 0 Å². The summed E-state index contributed by atoms with van der Waals surface area (Å²) in [5, 5.41) is 1.03. The zero-order chi connectivity index (χ0) is 20.9. The number of fused-ring (bicyclic) bond motifs is 1. The standard InChI is InChI=1S/C24H21N3O3/c1-16-8-13-21(30-16)17(2)26-27-24(28)20-11-9-18(10-12-20)15-29-22-7-3-5-19-6-4-14-25-23(19)22/h3-14,26H,2,15H2,1H3,(H,27,28). The molecule has 2 aromatic carbocycles. The molecular weight excluding hydrogens is 378 g/mol. The second-order valence-electron chi connectivity index (χ2n) is 6.78. The van der Waals surface area contributed by atoms with Crippen LogP contribution in [0.4, 0.5) is 0 Å². The lowest BCUT2D eigenvalue weighted by atomic mass is 10.1. The van der Waals surface area contributed by atoms with E-state index in [2.05, 4.69) is 22.4 Å². The van der Waals surface area contributed by atoms with Gasteiger partial charge in [-0.3, -0.25) is 20.6 Å². The third-order valence-corrected chi connectivity index (χ3v) is 4.57. The van der Waals surface area contributed by atoms with Crippen LogP contribution in [0.5, 0.6) is 5.75 Å². The number of furan rings is 1. The van der Waals surface area contributed by atoms with Crippen LogP contribution in [0.15, 0.2) is 83.9 Å². The highest BCUT2D eigenvalue weighted by Gasteiger charge is 2.09. The maximum Gasteiger partial charge on any atom is 0.269 e. The molecule has 0 saturated heterocycles. The van der Waals surface area contributed by atoms with Crippen LogP contribution in [0.25, 0.3) is 16.6 Å². The molecule has 0 unspecified atom stereocenters. The Labute approximate surface area is 174 Å². The van der Waals surface area contributed by atoms with E-state index < -0.39 is 0 Å². The molecule has 0 aliphatic carbocycles. The van der Waals surface area contributed by atoms with Crippen LogP contribution in [0.1, 0.15) is 27.4 Å². The van der Waals surface area contributed by atoms with Crippen molar-refractivity contribution in [2.45, 2.75) is 13.5 Å². The number of benzene rings is 2. The Balaban J connectivity index is 1.34. The monoisotopic (exact) mass is 399 g/mol. The number of carbonyl (C=O) groups is 1. The van der Waals surface area contributed by atoms with Gasteiger partial charge in [-0.15, -0.1) is 0 Å². The molecule has 4 aromatic rings. The predicted octanol–water partition coefficient (Wildman–Crippen LogP) is 4.62. The van der Waals surface area contributed by atoms with E-state index >= 15 is 0 Å². The van der Waals surface area contributed by atoms with Gasteiger partial charge in [0.2, 0.25) is 0 Å². The molecule has 0 saturated carbocycles. The second kappa shape index (κ2) is 8.53. The van der Waals surface area contributed by atoms with E-state index in [9.17, 15) is 4.79 Å². The van der Waals surface area contributed by atoms with Crippen LogP contribution in [0.3, 0.4) is 0 Å². The number of rotatable bonds is 7. The van der Waals surface area contributed by atoms with Crippen molar-refractivity contribution in [3.05, 3.63) is 102 Å². The normalized spacial score (nSPS) is 10.6. The van der Waals surface area contributed by atoms with Crippen LogP contribution in [-0.2, 0) is 6.61 Å². The number of pyridine rings is 1. The lowest BCUT2D eigenvalue weighted by Gasteiger charge is -2.11. The average Bonchev–Trinajstić information content (AvgIpc) is 3.22. The van der Waals surface area contributed by atoms with E-state index in [1.807, 2.05) is 55.5 Å². The molecule has 6 heteroatoms. The molecule has 0 atom stereocenters. The summed E-state index contributed by atoms with van der Waals surface area (Å²) in [5.41, 5.74) is 8.15. The summed E-state index contributed by atoms with van der Waals surface area (Å²) < 4.78 is 11.4. The summed E-state index contributed by atoms with van der Waals surface area (Å²) >= 11 is 0. The number of ether oxygens (including phenoxy) is 1. The van der Waals surface area contributed by atoms with E-state index in [0.29, 0.717) is 23.6 Å². The number of para-hydroxylation sites is 1. The van der Waals surface area contributed by atoms with Crippen molar-refractivity contribution >= 4 is 22.5 Å². The summed E-state index contributed by atoms with van der Waals surface area (Å²) in [7, 11) is 0. The van der Waals surface area contributed by atoms with Crippen LogP contribution in [-0.4, -0.2) is 10.9 Å². The summed E-state index contributed by atoms with van der Waals surface area (Å²) in [5.74, 6) is 1.80. The van der Waals surface area contributed by atoms with Gasteiger partial charge in [0.15, 0.2) is 5.76 Å². The summed E-state index contributed by atoms with van der Waals surface area (Å²) in [6.07, 6.45) is 1.75.